The highest BCUT2D eigenvalue weighted by molar-refractivity contribution is 5.76. The molecular weight excluding hydrogens is 276 g/mol. The Kier molecular flexibility index (Phi) is 6.07. The molecule has 122 valence electrons. The molecule has 0 bridgehead atoms. The van der Waals surface area contributed by atoms with Crippen molar-refractivity contribution in [3.63, 3.8) is 0 Å². The molecule has 1 amide bonds. The zero-order chi connectivity index (χ0) is 15.9. The number of benzene rings is 1. The summed E-state index contributed by atoms with van der Waals surface area (Å²) >= 11 is 0. The minimum atomic E-state index is 0.258. The van der Waals surface area contributed by atoms with Crippen molar-refractivity contribution in [2.45, 2.75) is 13.3 Å². The van der Waals surface area contributed by atoms with E-state index < -0.39 is 0 Å². The Morgan fingerprint density at radius 2 is 1.77 bits per heavy atom. The molecule has 2 rings (SSSR count). The molecule has 0 atom stereocenters. The molecule has 0 saturated carbocycles. The third kappa shape index (κ3) is 4.63. The van der Waals surface area contributed by atoms with Crippen LogP contribution in [0.15, 0.2) is 24.3 Å². The normalized spacial score (nSPS) is 15.7. The van der Waals surface area contributed by atoms with E-state index in [0.29, 0.717) is 13.0 Å². The Morgan fingerprint density at radius 3 is 2.32 bits per heavy atom. The summed E-state index contributed by atoms with van der Waals surface area (Å²) in [4.78, 5) is 18.6. The van der Waals surface area contributed by atoms with Crippen molar-refractivity contribution < 1.29 is 4.79 Å². The van der Waals surface area contributed by atoms with E-state index in [1.165, 1.54) is 5.69 Å². The van der Waals surface area contributed by atoms with Crippen LogP contribution in [0.3, 0.4) is 0 Å². The van der Waals surface area contributed by atoms with Gasteiger partial charge in [0, 0.05) is 64.6 Å². The molecule has 0 aromatic heterocycles. The summed E-state index contributed by atoms with van der Waals surface area (Å²) in [5.41, 5.74) is 2.24. The molecular formula is C17H28N4O. The fourth-order valence-electron chi connectivity index (χ4n) is 2.66. The second-order valence-corrected chi connectivity index (χ2v) is 5.93. The van der Waals surface area contributed by atoms with Crippen LogP contribution in [-0.2, 0) is 4.79 Å². The van der Waals surface area contributed by atoms with E-state index >= 15 is 0 Å². The minimum absolute atomic E-state index is 0.258. The molecule has 22 heavy (non-hydrogen) atoms. The summed E-state index contributed by atoms with van der Waals surface area (Å²) in [6.45, 7) is 7.67. The first-order chi connectivity index (χ1) is 10.6. The Labute approximate surface area is 133 Å². The number of nitrogens with one attached hydrogen (secondary N) is 1. The van der Waals surface area contributed by atoms with Gasteiger partial charge in [0.1, 0.15) is 0 Å². The lowest BCUT2D eigenvalue weighted by Gasteiger charge is -2.34. The second kappa shape index (κ2) is 8.03. The van der Waals surface area contributed by atoms with Crippen molar-refractivity contribution in [2.75, 3.05) is 63.6 Å². The Balaban J connectivity index is 1.71. The lowest BCUT2D eigenvalue weighted by atomic mass is 10.2. The highest BCUT2D eigenvalue weighted by Crippen LogP contribution is 2.15. The fraction of sp³-hybridized carbons (Fsp3) is 0.588. The molecule has 1 aliphatic heterocycles. The quantitative estimate of drug-likeness (QED) is 0.868. The van der Waals surface area contributed by atoms with Gasteiger partial charge in [-0.1, -0.05) is 6.92 Å². The maximum Gasteiger partial charge on any atom is 0.224 e. The summed E-state index contributed by atoms with van der Waals surface area (Å²) < 4.78 is 0. The van der Waals surface area contributed by atoms with E-state index in [-0.39, 0.29) is 5.91 Å². The van der Waals surface area contributed by atoms with Crippen LogP contribution in [0.4, 0.5) is 11.4 Å². The molecule has 1 N–H and O–H groups in total. The summed E-state index contributed by atoms with van der Waals surface area (Å²) in [6, 6.07) is 8.27. The molecule has 1 aromatic carbocycles. The van der Waals surface area contributed by atoms with Crippen LogP contribution in [0.5, 0.6) is 0 Å². The van der Waals surface area contributed by atoms with Gasteiger partial charge in [0.2, 0.25) is 5.91 Å². The standard InChI is InChI=1S/C17H28N4O/c1-4-20-11-13-21(14-12-20)17(22)9-10-18-15-5-7-16(8-6-15)19(2)3/h5-8,18H,4,9-14H2,1-3H3. The van der Waals surface area contributed by atoms with E-state index in [9.17, 15) is 4.79 Å². The fourth-order valence-corrected chi connectivity index (χ4v) is 2.66. The third-order valence-corrected chi connectivity index (χ3v) is 4.22. The van der Waals surface area contributed by atoms with Crippen LogP contribution in [0.2, 0.25) is 0 Å². The summed E-state index contributed by atoms with van der Waals surface area (Å²) in [5, 5.41) is 3.32. The number of carbonyl (C=O) groups is 1. The van der Waals surface area contributed by atoms with Crippen LogP contribution in [-0.4, -0.2) is 69.1 Å². The SMILES string of the molecule is CCN1CCN(C(=O)CCNc2ccc(N(C)C)cc2)CC1. The van der Waals surface area contributed by atoms with Gasteiger partial charge in [-0.25, -0.2) is 0 Å². The molecule has 1 saturated heterocycles. The van der Waals surface area contributed by atoms with Gasteiger partial charge in [0.15, 0.2) is 0 Å². The maximum atomic E-state index is 12.2. The predicted octanol–water partition coefficient (Wildman–Crippen LogP) is 1.72. The van der Waals surface area contributed by atoms with Crippen molar-refractivity contribution in [2.24, 2.45) is 0 Å². The van der Waals surface area contributed by atoms with Gasteiger partial charge < -0.3 is 20.0 Å². The van der Waals surface area contributed by atoms with E-state index in [0.717, 1.165) is 38.4 Å². The maximum absolute atomic E-state index is 12.2. The monoisotopic (exact) mass is 304 g/mol. The van der Waals surface area contributed by atoms with Gasteiger partial charge in [-0.3, -0.25) is 4.79 Å². The molecule has 1 aromatic rings. The van der Waals surface area contributed by atoms with Crippen LogP contribution >= 0.6 is 0 Å². The van der Waals surface area contributed by atoms with Crippen LogP contribution in [0, 0.1) is 0 Å². The number of nitrogens with zero attached hydrogens (tertiary/aromatic N) is 3. The lowest BCUT2D eigenvalue weighted by Crippen LogP contribution is -2.48. The van der Waals surface area contributed by atoms with Crippen LogP contribution in [0.25, 0.3) is 0 Å². The smallest absolute Gasteiger partial charge is 0.224 e. The molecule has 1 fully saturated rings. The van der Waals surface area contributed by atoms with Crippen LogP contribution in [0.1, 0.15) is 13.3 Å². The first-order valence-corrected chi connectivity index (χ1v) is 8.11. The van der Waals surface area contributed by atoms with Gasteiger partial charge in [0.05, 0.1) is 0 Å². The van der Waals surface area contributed by atoms with Crippen molar-refractivity contribution >= 4 is 17.3 Å². The molecule has 5 nitrogen and oxygen atoms in total. The van der Waals surface area contributed by atoms with Crippen molar-refractivity contribution in [1.29, 1.82) is 0 Å². The highest BCUT2D eigenvalue weighted by Gasteiger charge is 2.19. The topological polar surface area (TPSA) is 38.8 Å². The first kappa shape index (κ1) is 16.6. The first-order valence-electron chi connectivity index (χ1n) is 8.11. The Morgan fingerprint density at radius 1 is 1.14 bits per heavy atom. The van der Waals surface area contributed by atoms with Gasteiger partial charge >= 0.3 is 0 Å². The molecule has 0 radical (unpaired) electrons. The van der Waals surface area contributed by atoms with E-state index in [2.05, 4.69) is 46.3 Å². The zero-order valence-electron chi connectivity index (χ0n) is 14.0. The van der Waals surface area contributed by atoms with E-state index in [1.807, 2.05) is 19.0 Å². The molecule has 0 aliphatic carbocycles. The Bertz CT molecular complexity index is 464. The largest absolute Gasteiger partial charge is 0.385 e. The number of hydrogen-bond donors (Lipinski definition) is 1. The van der Waals surface area contributed by atoms with Gasteiger partial charge in [-0.2, -0.15) is 0 Å². The van der Waals surface area contributed by atoms with Crippen molar-refractivity contribution in [3.05, 3.63) is 24.3 Å². The van der Waals surface area contributed by atoms with Gasteiger partial charge in [0.25, 0.3) is 0 Å². The number of rotatable bonds is 6. The predicted molar refractivity (Wildman–Crippen MR) is 92.6 cm³/mol. The average molecular weight is 304 g/mol. The molecule has 0 unspecified atom stereocenters. The second-order valence-electron chi connectivity index (χ2n) is 5.93. The summed E-state index contributed by atoms with van der Waals surface area (Å²) in [7, 11) is 4.05. The third-order valence-electron chi connectivity index (χ3n) is 4.22. The average Bonchev–Trinajstić information content (AvgIpc) is 2.55. The van der Waals surface area contributed by atoms with Gasteiger partial charge in [-0.05, 0) is 30.8 Å². The van der Waals surface area contributed by atoms with E-state index in [1.54, 1.807) is 0 Å². The number of anilines is 2. The van der Waals surface area contributed by atoms with Crippen molar-refractivity contribution in [3.8, 4) is 0 Å². The van der Waals surface area contributed by atoms with E-state index in [4.69, 9.17) is 0 Å². The molecule has 1 heterocycles. The molecule has 0 spiro atoms. The molecule has 5 heteroatoms. The summed E-state index contributed by atoms with van der Waals surface area (Å²) in [6.07, 6.45) is 0.557. The Hall–Kier alpha value is -1.75. The molecule has 1 aliphatic rings. The number of amides is 1. The van der Waals surface area contributed by atoms with Crippen LogP contribution < -0.4 is 10.2 Å². The number of likely N-dealkylation sites (N-methyl/N-ethyl adjacent to an activating group) is 1. The van der Waals surface area contributed by atoms with Crippen molar-refractivity contribution in [1.82, 2.24) is 9.80 Å². The number of piperazine rings is 1. The lowest BCUT2D eigenvalue weighted by molar-refractivity contribution is -0.132. The van der Waals surface area contributed by atoms with Gasteiger partial charge in [-0.15, -0.1) is 0 Å². The minimum Gasteiger partial charge on any atom is -0.385 e. The number of hydrogen-bond acceptors (Lipinski definition) is 4. The zero-order valence-corrected chi connectivity index (χ0v) is 14.0. The number of carbonyl (C=O) groups excluding carboxylic acids is 1. The highest BCUT2D eigenvalue weighted by atomic mass is 16.2. The summed E-state index contributed by atoms with van der Waals surface area (Å²) in [5.74, 6) is 0.258.